The third-order valence-electron chi connectivity index (χ3n) is 4.72. The van der Waals surface area contributed by atoms with Crippen LogP contribution in [0.2, 0.25) is 0 Å². The average Bonchev–Trinajstić information content (AvgIpc) is 2.96. The van der Waals surface area contributed by atoms with E-state index in [-0.39, 0.29) is 12.0 Å². The van der Waals surface area contributed by atoms with Crippen molar-refractivity contribution in [1.82, 2.24) is 5.32 Å². The van der Waals surface area contributed by atoms with E-state index in [9.17, 15) is 4.79 Å². The highest BCUT2D eigenvalue weighted by molar-refractivity contribution is 7.98. The van der Waals surface area contributed by atoms with E-state index in [4.69, 9.17) is 10.00 Å². The summed E-state index contributed by atoms with van der Waals surface area (Å²) in [5, 5.41) is 12.1. The van der Waals surface area contributed by atoms with E-state index in [1.165, 1.54) is 0 Å². The summed E-state index contributed by atoms with van der Waals surface area (Å²) in [6, 6.07) is 15.6. The van der Waals surface area contributed by atoms with E-state index >= 15 is 0 Å². The first-order valence-electron chi connectivity index (χ1n) is 8.75. The molecule has 1 N–H and O–H groups in total. The lowest BCUT2D eigenvalue weighted by atomic mass is 9.97. The van der Waals surface area contributed by atoms with Crippen LogP contribution in [0.3, 0.4) is 0 Å². The van der Waals surface area contributed by atoms with Gasteiger partial charge in [-0.3, -0.25) is 4.79 Å². The summed E-state index contributed by atoms with van der Waals surface area (Å²) >= 11 is 1.70. The molecule has 0 bridgehead atoms. The number of carbonyl (C=O) groups excluding carboxylic acids is 1. The molecule has 1 aliphatic heterocycles. The number of fused-ring (bicyclic) bond motifs is 1. The standard InChI is InChI=1S/C21H22N2O2S/c1-14-15(2)25-20-18(14)8-5-9-19(20)21(24)23-10-11-26-13-17-7-4-3-6-16(17)12-22/h3-9,14-15H,10-11,13H2,1-2H3,(H,23,24). The van der Waals surface area contributed by atoms with E-state index in [1.54, 1.807) is 11.8 Å². The fraction of sp³-hybridized carbons (Fsp3) is 0.333. The molecule has 0 fully saturated rings. The van der Waals surface area contributed by atoms with Crippen LogP contribution in [0, 0.1) is 11.3 Å². The lowest BCUT2D eigenvalue weighted by Crippen LogP contribution is -2.26. The second-order valence-electron chi connectivity index (χ2n) is 6.41. The number of ether oxygens (including phenoxy) is 1. The number of carbonyl (C=O) groups is 1. The number of rotatable bonds is 6. The summed E-state index contributed by atoms with van der Waals surface area (Å²) in [5.74, 6) is 2.47. The maximum Gasteiger partial charge on any atom is 0.255 e. The zero-order valence-electron chi connectivity index (χ0n) is 15.0. The predicted molar refractivity (Wildman–Crippen MR) is 105 cm³/mol. The Labute approximate surface area is 158 Å². The summed E-state index contributed by atoms with van der Waals surface area (Å²) in [4.78, 5) is 12.5. The van der Waals surface area contributed by atoms with Crippen LogP contribution in [0.25, 0.3) is 0 Å². The molecule has 134 valence electrons. The molecule has 2 unspecified atom stereocenters. The molecule has 0 aromatic heterocycles. The van der Waals surface area contributed by atoms with Crippen LogP contribution >= 0.6 is 11.8 Å². The summed E-state index contributed by atoms with van der Waals surface area (Å²) < 4.78 is 5.89. The van der Waals surface area contributed by atoms with Gasteiger partial charge in [0.2, 0.25) is 0 Å². The van der Waals surface area contributed by atoms with Crippen LogP contribution < -0.4 is 10.1 Å². The fourth-order valence-electron chi connectivity index (χ4n) is 3.03. The third-order valence-corrected chi connectivity index (χ3v) is 5.72. The molecule has 1 amide bonds. The van der Waals surface area contributed by atoms with E-state index in [2.05, 4.69) is 18.3 Å². The van der Waals surface area contributed by atoms with Gasteiger partial charge in [-0.25, -0.2) is 0 Å². The molecule has 1 heterocycles. The van der Waals surface area contributed by atoms with E-state index in [0.29, 0.717) is 23.6 Å². The molecular formula is C21H22N2O2S. The molecule has 3 rings (SSSR count). The molecule has 2 aromatic carbocycles. The molecule has 5 heteroatoms. The van der Waals surface area contributed by atoms with E-state index < -0.39 is 0 Å². The lowest BCUT2D eigenvalue weighted by molar-refractivity contribution is 0.0951. The Hall–Kier alpha value is -2.45. The first kappa shape index (κ1) is 18.3. The summed E-state index contributed by atoms with van der Waals surface area (Å²) in [6.07, 6.45) is 0.0923. The molecule has 26 heavy (non-hydrogen) atoms. The smallest absolute Gasteiger partial charge is 0.255 e. The van der Waals surface area contributed by atoms with Crippen molar-refractivity contribution < 1.29 is 9.53 Å². The van der Waals surface area contributed by atoms with Gasteiger partial charge in [0.05, 0.1) is 17.2 Å². The average molecular weight is 366 g/mol. The van der Waals surface area contributed by atoms with Gasteiger partial charge in [-0.15, -0.1) is 0 Å². The van der Waals surface area contributed by atoms with Crippen LogP contribution in [0.4, 0.5) is 0 Å². The third kappa shape index (κ3) is 3.86. The van der Waals surface area contributed by atoms with Crippen molar-refractivity contribution in [2.24, 2.45) is 0 Å². The zero-order chi connectivity index (χ0) is 18.5. The number of amides is 1. The first-order chi connectivity index (χ1) is 12.6. The number of nitrogens with zero attached hydrogens (tertiary/aromatic N) is 1. The highest BCUT2D eigenvalue weighted by Gasteiger charge is 2.30. The van der Waals surface area contributed by atoms with Crippen molar-refractivity contribution in [2.75, 3.05) is 12.3 Å². The Balaban J connectivity index is 1.51. The number of nitrogens with one attached hydrogen (secondary N) is 1. The van der Waals surface area contributed by atoms with Gasteiger partial charge in [0.15, 0.2) is 0 Å². The van der Waals surface area contributed by atoms with Gasteiger partial charge < -0.3 is 10.1 Å². The van der Waals surface area contributed by atoms with Gasteiger partial charge in [0.1, 0.15) is 11.9 Å². The van der Waals surface area contributed by atoms with Crippen molar-refractivity contribution >= 4 is 17.7 Å². The minimum Gasteiger partial charge on any atom is -0.489 e. The number of thioether (sulfide) groups is 1. The zero-order valence-corrected chi connectivity index (χ0v) is 15.8. The monoisotopic (exact) mass is 366 g/mol. The van der Waals surface area contributed by atoms with Crippen LogP contribution in [-0.4, -0.2) is 24.3 Å². The SMILES string of the molecule is CC1Oc2c(C(=O)NCCSCc3ccccc3C#N)cccc2C1C. The number of nitriles is 1. The highest BCUT2D eigenvalue weighted by Crippen LogP contribution is 2.40. The van der Waals surface area contributed by atoms with Gasteiger partial charge in [-0.2, -0.15) is 17.0 Å². The molecule has 0 aliphatic carbocycles. The van der Waals surface area contributed by atoms with Crippen molar-refractivity contribution in [3.63, 3.8) is 0 Å². The van der Waals surface area contributed by atoms with Gasteiger partial charge in [-0.05, 0) is 24.6 Å². The fourth-order valence-corrected chi connectivity index (χ4v) is 3.90. The minimum absolute atomic E-state index is 0.0923. The topological polar surface area (TPSA) is 62.1 Å². The molecule has 1 aliphatic rings. The van der Waals surface area contributed by atoms with Gasteiger partial charge >= 0.3 is 0 Å². The molecule has 0 radical (unpaired) electrons. The van der Waals surface area contributed by atoms with Crippen molar-refractivity contribution in [1.29, 1.82) is 5.26 Å². The molecule has 0 spiro atoms. The second kappa shape index (κ2) is 8.29. The van der Waals surface area contributed by atoms with E-state index in [0.717, 1.165) is 28.4 Å². The normalized spacial score (nSPS) is 17.9. The van der Waals surface area contributed by atoms with E-state index in [1.807, 2.05) is 49.4 Å². The molecular weight excluding hydrogens is 344 g/mol. The van der Waals surface area contributed by atoms with Gasteiger partial charge in [0.25, 0.3) is 5.91 Å². The van der Waals surface area contributed by atoms with Crippen LogP contribution in [-0.2, 0) is 5.75 Å². The highest BCUT2D eigenvalue weighted by atomic mass is 32.2. The quantitative estimate of drug-likeness (QED) is 0.782. The predicted octanol–water partition coefficient (Wildman–Crippen LogP) is 4.11. The molecule has 0 saturated heterocycles. The summed E-state index contributed by atoms with van der Waals surface area (Å²) in [6.45, 7) is 4.73. The lowest BCUT2D eigenvalue weighted by Gasteiger charge is -2.10. The number of para-hydroxylation sites is 1. The molecule has 0 saturated carbocycles. The van der Waals surface area contributed by atoms with Crippen LogP contribution in [0.1, 0.15) is 46.8 Å². The Morgan fingerprint density at radius 3 is 2.85 bits per heavy atom. The Morgan fingerprint density at radius 1 is 1.23 bits per heavy atom. The largest absolute Gasteiger partial charge is 0.489 e. The summed E-state index contributed by atoms with van der Waals surface area (Å²) in [5.41, 5.74) is 3.46. The maximum absolute atomic E-state index is 12.5. The maximum atomic E-state index is 12.5. The van der Waals surface area contributed by atoms with Crippen LogP contribution in [0.15, 0.2) is 42.5 Å². The second-order valence-corrected chi connectivity index (χ2v) is 7.52. The minimum atomic E-state index is -0.0961. The Kier molecular flexibility index (Phi) is 5.85. The number of hydrogen-bond donors (Lipinski definition) is 1. The van der Waals surface area contributed by atoms with Crippen molar-refractivity contribution in [3.05, 3.63) is 64.7 Å². The summed E-state index contributed by atoms with van der Waals surface area (Å²) in [7, 11) is 0. The molecule has 4 nitrogen and oxygen atoms in total. The van der Waals surface area contributed by atoms with Gasteiger partial charge in [-0.1, -0.05) is 37.3 Å². The first-order valence-corrected chi connectivity index (χ1v) is 9.90. The van der Waals surface area contributed by atoms with Crippen LogP contribution in [0.5, 0.6) is 5.75 Å². The molecule has 2 atom stereocenters. The number of benzene rings is 2. The number of hydrogen-bond acceptors (Lipinski definition) is 4. The van der Waals surface area contributed by atoms with Crippen molar-refractivity contribution in [3.8, 4) is 11.8 Å². The van der Waals surface area contributed by atoms with Crippen molar-refractivity contribution in [2.45, 2.75) is 31.6 Å². The van der Waals surface area contributed by atoms with Gasteiger partial charge in [0, 0.05) is 29.5 Å². The Bertz CT molecular complexity index is 844. The molecule has 2 aromatic rings. The Morgan fingerprint density at radius 2 is 2.04 bits per heavy atom.